The van der Waals surface area contributed by atoms with Crippen molar-refractivity contribution in [2.24, 2.45) is 0 Å². The van der Waals surface area contributed by atoms with E-state index in [0.717, 1.165) is 32.1 Å². The molecular formula is C46H85NO4. The van der Waals surface area contributed by atoms with Gasteiger partial charge in [0.1, 0.15) is 0 Å². The maximum absolute atomic E-state index is 12.3. The lowest BCUT2D eigenvalue weighted by molar-refractivity contribution is -0.124. The Morgan fingerprint density at radius 1 is 0.490 bits per heavy atom. The van der Waals surface area contributed by atoms with Crippen molar-refractivity contribution in [1.29, 1.82) is 0 Å². The van der Waals surface area contributed by atoms with Gasteiger partial charge in [-0.25, -0.2) is 0 Å². The molecule has 0 fully saturated rings. The Balaban J connectivity index is 3.72. The average molecular weight is 716 g/mol. The molecule has 298 valence electrons. The van der Waals surface area contributed by atoms with Gasteiger partial charge in [0.2, 0.25) is 5.91 Å². The van der Waals surface area contributed by atoms with Gasteiger partial charge in [-0.15, -0.1) is 0 Å². The van der Waals surface area contributed by atoms with Crippen LogP contribution in [0.15, 0.2) is 48.6 Å². The van der Waals surface area contributed by atoms with E-state index in [1.54, 1.807) is 12.2 Å². The first-order valence-corrected chi connectivity index (χ1v) is 21.9. The first-order chi connectivity index (χ1) is 25.0. The maximum atomic E-state index is 12.3. The Hall–Kier alpha value is -1.69. The van der Waals surface area contributed by atoms with E-state index in [2.05, 4.69) is 43.5 Å². The third kappa shape index (κ3) is 37.9. The molecule has 3 unspecified atom stereocenters. The highest BCUT2D eigenvalue weighted by molar-refractivity contribution is 5.77. The van der Waals surface area contributed by atoms with Crippen LogP contribution in [0.5, 0.6) is 0 Å². The normalized spacial score (nSPS) is 14.1. The van der Waals surface area contributed by atoms with Gasteiger partial charge in [0.05, 0.1) is 31.3 Å². The summed E-state index contributed by atoms with van der Waals surface area (Å²) in [6, 6.07) is -0.792. The molecule has 0 aliphatic carbocycles. The zero-order valence-electron chi connectivity index (χ0n) is 33.7. The number of rotatable bonds is 39. The quantitative estimate of drug-likeness (QED) is 0.0377. The fraction of sp³-hybridized carbons (Fsp3) is 0.804. The fourth-order valence-electron chi connectivity index (χ4n) is 6.47. The van der Waals surface area contributed by atoms with Gasteiger partial charge in [0.15, 0.2) is 0 Å². The van der Waals surface area contributed by atoms with E-state index in [1.165, 1.54) is 161 Å². The number of hydrogen-bond donors (Lipinski definition) is 4. The minimum Gasteiger partial charge on any atom is -0.394 e. The summed E-state index contributed by atoms with van der Waals surface area (Å²) in [5.41, 5.74) is 0. The second kappa shape index (κ2) is 41.1. The molecule has 5 nitrogen and oxygen atoms in total. The van der Waals surface area contributed by atoms with Gasteiger partial charge in [-0.2, -0.15) is 0 Å². The minimum atomic E-state index is -0.975. The van der Waals surface area contributed by atoms with Crippen LogP contribution >= 0.6 is 0 Å². The zero-order chi connectivity index (χ0) is 37.3. The summed E-state index contributed by atoms with van der Waals surface area (Å²) in [4.78, 5) is 12.3. The lowest BCUT2D eigenvalue weighted by atomic mass is 10.0. The molecular weight excluding hydrogens is 631 g/mol. The van der Waals surface area contributed by atoms with Crippen molar-refractivity contribution < 1.29 is 20.1 Å². The first-order valence-electron chi connectivity index (χ1n) is 21.9. The Morgan fingerprint density at radius 3 is 1.33 bits per heavy atom. The van der Waals surface area contributed by atoms with Crippen LogP contribution in [-0.4, -0.2) is 46.1 Å². The standard InChI is InChI=1S/C46H85NO4/c1-3-5-7-9-11-13-15-16-17-18-19-20-21-22-23-24-25-26-27-28-30-32-34-36-38-40-45(50)44(42-48)47-46(51)41-43(49)39-37-35-33-31-29-14-12-10-8-6-4-2/h30-33,37-40,43-45,48-50H,3-29,34-36,41-42H2,1-2H3,(H,47,51)/b32-30+,33-31-,39-37-,40-38+. The Bertz CT molecular complexity index is 835. The maximum Gasteiger partial charge on any atom is 0.223 e. The van der Waals surface area contributed by atoms with Crippen molar-refractivity contribution in [3.05, 3.63) is 48.6 Å². The molecule has 0 aliphatic rings. The molecule has 3 atom stereocenters. The van der Waals surface area contributed by atoms with Gasteiger partial charge in [-0.1, -0.05) is 210 Å². The third-order valence-corrected chi connectivity index (χ3v) is 9.85. The molecule has 1 amide bonds. The second-order valence-corrected chi connectivity index (χ2v) is 14.9. The number of nitrogens with one attached hydrogen (secondary N) is 1. The van der Waals surface area contributed by atoms with E-state index in [-0.39, 0.29) is 13.0 Å². The van der Waals surface area contributed by atoms with Crippen LogP contribution in [-0.2, 0) is 4.79 Å². The van der Waals surface area contributed by atoms with Crippen molar-refractivity contribution in [1.82, 2.24) is 5.32 Å². The lowest BCUT2D eigenvalue weighted by Gasteiger charge is -2.20. The van der Waals surface area contributed by atoms with Gasteiger partial charge in [-0.3, -0.25) is 4.79 Å². The number of unbranched alkanes of at least 4 members (excludes halogenated alkanes) is 26. The summed E-state index contributed by atoms with van der Waals surface area (Å²) in [6.45, 7) is 4.15. The summed E-state index contributed by atoms with van der Waals surface area (Å²) < 4.78 is 0. The van der Waals surface area contributed by atoms with E-state index >= 15 is 0 Å². The van der Waals surface area contributed by atoms with Gasteiger partial charge in [0, 0.05) is 0 Å². The number of aliphatic hydroxyl groups excluding tert-OH is 3. The van der Waals surface area contributed by atoms with Crippen LogP contribution in [0.1, 0.15) is 213 Å². The van der Waals surface area contributed by atoms with Crippen molar-refractivity contribution in [2.75, 3.05) is 6.61 Å². The van der Waals surface area contributed by atoms with Gasteiger partial charge in [-0.05, 0) is 44.9 Å². The second-order valence-electron chi connectivity index (χ2n) is 14.9. The zero-order valence-corrected chi connectivity index (χ0v) is 33.7. The molecule has 4 N–H and O–H groups in total. The number of carbonyl (C=O) groups is 1. The fourth-order valence-corrected chi connectivity index (χ4v) is 6.47. The van der Waals surface area contributed by atoms with E-state index in [4.69, 9.17) is 0 Å². The van der Waals surface area contributed by atoms with E-state index < -0.39 is 24.2 Å². The molecule has 51 heavy (non-hydrogen) atoms. The number of aliphatic hydroxyl groups is 3. The number of allylic oxidation sites excluding steroid dienone is 6. The first kappa shape index (κ1) is 49.3. The molecule has 0 rings (SSSR count). The van der Waals surface area contributed by atoms with Crippen LogP contribution in [0.2, 0.25) is 0 Å². The van der Waals surface area contributed by atoms with E-state index in [9.17, 15) is 20.1 Å². The predicted octanol–water partition coefficient (Wildman–Crippen LogP) is 12.5. The summed E-state index contributed by atoms with van der Waals surface area (Å²) in [7, 11) is 0. The molecule has 0 aliphatic heterocycles. The highest BCUT2D eigenvalue weighted by Gasteiger charge is 2.19. The number of hydrogen-bond acceptors (Lipinski definition) is 4. The topological polar surface area (TPSA) is 89.8 Å². The van der Waals surface area contributed by atoms with Crippen LogP contribution in [0.3, 0.4) is 0 Å². The van der Waals surface area contributed by atoms with Gasteiger partial charge >= 0.3 is 0 Å². The van der Waals surface area contributed by atoms with Crippen molar-refractivity contribution in [2.45, 2.75) is 231 Å². The SMILES string of the molecule is CCCCCCCC/C=C\C/C=C\C(O)CC(=O)NC(CO)C(O)/C=C/CC/C=C/CCCCCCCCCCCCCCCCCCCCC. The Kier molecular flexibility index (Phi) is 39.7. The van der Waals surface area contributed by atoms with E-state index in [1.807, 2.05) is 12.2 Å². The van der Waals surface area contributed by atoms with Gasteiger partial charge < -0.3 is 20.6 Å². The molecule has 0 bridgehead atoms. The molecule has 0 spiro atoms. The lowest BCUT2D eigenvalue weighted by Crippen LogP contribution is -2.45. The number of carbonyl (C=O) groups excluding carboxylic acids is 1. The van der Waals surface area contributed by atoms with Crippen LogP contribution in [0.25, 0.3) is 0 Å². The molecule has 0 heterocycles. The van der Waals surface area contributed by atoms with Gasteiger partial charge in [0.25, 0.3) is 0 Å². The molecule has 0 saturated carbocycles. The minimum absolute atomic E-state index is 0.102. The highest BCUT2D eigenvalue weighted by atomic mass is 16.3. The van der Waals surface area contributed by atoms with Crippen LogP contribution in [0.4, 0.5) is 0 Å². The van der Waals surface area contributed by atoms with Crippen molar-refractivity contribution in [3.63, 3.8) is 0 Å². The predicted molar refractivity (Wildman–Crippen MR) is 222 cm³/mol. The summed E-state index contributed by atoms with van der Waals surface area (Å²) in [5, 5.41) is 32.9. The Morgan fingerprint density at radius 2 is 0.882 bits per heavy atom. The monoisotopic (exact) mass is 716 g/mol. The largest absolute Gasteiger partial charge is 0.394 e. The van der Waals surface area contributed by atoms with Crippen LogP contribution in [0, 0.1) is 0 Å². The molecule has 0 radical (unpaired) electrons. The smallest absolute Gasteiger partial charge is 0.223 e. The third-order valence-electron chi connectivity index (χ3n) is 9.85. The molecule has 0 aromatic rings. The summed E-state index contributed by atoms with van der Waals surface area (Å²) >= 11 is 0. The molecule has 5 heteroatoms. The number of amides is 1. The van der Waals surface area contributed by atoms with Crippen LogP contribution < -0.4 is 5.32 Å². The summed E-state index contributed by atoms with van der Waals surface area (Å²) in [6.07, 6.45) is 52.9. The summed E-state index contributed by atoms with van der Waals surface area (Å²) in [5.74, 6) is -0.394. The molecule has 0 aromatic heterocycles. The Labute approximate surface area is 316 Å². The molecule has 0 saturated heterocycles. The molecule has 0 aromatic carbocycles. The van der Waals surface area contributed by atoms with Crippen molar-refractivity contribution in [3.8, 4) is 0 Å². The van der Waals surface area contributed by atoms with Crippen molar-refractivity contribution >= 4 is 5.91 Å². The highest BCUT2D eigenvalue weighted by Crippen LogP contribution is 2.15. The van der Waals surface area contributed by atoms with E-state index in [0.29, 0.717) is 0 Å². The average Bonchev–Trinajstić information content (AvgIpc) is 3.12.